The second-order valence-electron chi connectivity index (χ2n) is 2.69. The van der Waals surface area contributed by atoms with E-state index < -0.39 is 0 Å². The van der Waals surface area contributed by atoms with Gasteiger partial charge in [0.1, 0.15) is 12.1 Å². The number of nitrogens with zero attached hydrogens (tertiary/aromatic N) is 2. The van der Waals surface area contributed by atoms with Gasteiger partial charge in [0.25, 0.3) is 0 Å². The highest BCUT2D eigenvalue weighted by Crippen LogP contribution is 2.15. The van der Waals surface area contributed by atoms with Crippen LogP contribution in [0.5, 0.6) is 0 Å². The van der Waals surface area contributed by atoms with Crippen molar-refractivity contribution in [3.8, 4) is 0 Å². The Balaban J connectivity index is 2.79. The predicted molar refractivity (Wildman–Crippen MR) is 47.4 cm³/mol. The minimum atomic E-state index is -0.294. The summed E-state index contributed by atoms with van der Waals surface area (Å²) in [6.45, 7) is 0.294. The van der Waals surface area contributed by atoms with E-state index in [1.807, 2.05) is 0 Å². The predicted octanol–water partition coefficient (Wildman–Crippen LogP) is 1.23. The van der Waals surface area contributed by atoms with Crippen LogP contribution in [-0.2, 0) is 6.54 Å². The van der Waals surface area contributed by atoms with Crippen LogP contribution in [0.1, 0.15) is 5.69 Å². The van der Waals surface area contributed by atoms with Crippen LogP contribution in [0.25, 0.3) is 10.9 Å². The van der Waals surface area contributed by atoms with E-state index in [1.165, 1.54) is 18.5 Å². The number of fused-ring (bicyclic) bond motifs is 1. The number of nitrogens with two attached hydrogens (primary N) is 1. The van der Waals surface area contributed by atoms with Crippen LogP contribution in [0.2, 0.25) is 0 Å². The molecule has 2 rings (SSSR count). The lowest BCUT2D eigenvalue weighted by Crippen LogP contribution is -2.01. The maximum absolute atomic E-state index is 12.9. The lowest BCUT2D eigenvalue weighted by Gasteiger charge is -2.01. The first kappa shape index (κ1) is 8.07. The van der Waals surface area contributed by atoms with E-state index >= 15 is 0 Å². The topological polar surface area (TPSA) is 51.8 Å². The molecular weight excluding hydrogens is 169 g/mol. The van der Waals surface area contributed by atoms with Crippen LogP contribution in [0.4, 0.5) is 4.39 Å². The van der Waals surface area contributed by atoms with E-state index in [4.69, 9.17) is 5.73 Å². The summed E-state index contributed by atoms with van der Waals surface area (Å²) >= 11 is 0. The second kappa shape index (κ2) is 3.06. The maximum atomic E-state index is 12.9. The zero-order valence-corrected chi connectivity index (χ0v) is 6.87. The summed E-state index contributed by atoms with van der Waals surface area (Å²) in [7, 11) is 0. The smallest absolute Gasteiger partial charge is 0.124 e. The fraction of sp³-hybridized carbons (Fsp3) is 0.111. The van der Waals surface area contributed by atoms with Gasteiger partial charge in [-0.05, 0) is 18.2 Å². The number of hydrogen-bond acceptors (Lipinski definition) is 3. The van der Waals surface area contributed by atoms with E-state index in [-0.39, 0.29) is 5.82 Å². The van der Waals surface area contributed by atoms with E-state index in [2.05, 4.69) is 9.97 Å². The van der Waals surface area contributed by atoms with Crippen molar-refractivity contribution in [2.24, 2.45) is 5.73 Å². The molecule has 0 bridgehead atoms. The van der Waals surface area contributed by atoms with Crippen molar-refractivity contribution in [2.45, 2.75) is 6.54 Å². The molecule has 0 fully saturated rings. The monoisotopic (exact) mass is 177 g/mol. The van der Waals surface area contributed by atoms with Crippen molar-refractivity contribution in [3.63, 3.8) is 0 Å². The Morgan fingerprint density at radius 3 is 2.92 bits per heavy atom. The minimum absolute atomic E-state index is 0.294. The molecule has 0 spiro atoms. The first-order chi connectivity index (χ1) is 6.31. The molecule has 0 atom stereocenters. The quantitative estimate of drug-likeness (QED) is 0.712. The average molecular weight is 177 g/mol. The molecule has 2 aromatic rings. The first-order valence-corrected chi connectivity index (χ1v) is 3.90. The van der Waals surface area contributed by atoms with Crippen LogP contribution >= 0.6 is 0 Å². The molecule has 0 saturated carbocycles. The average Bonchev–Trinajstić information content (AvgIpc) is 2.17. The molecule has 1 aromatic heterocycles. The van der Waals surface area contributed by atoms with Crippen molar-refractivity contribution in [1.29, 1.82) is 0 Å². The lowest BCUT2D eigenvalue weighted by atomic mass is 10.2. The van der Waals surface area contributed by atoms with E-state index in [0.717, 1.165) is 5.52 Å². The van der Waals surface area contributed by atoms with E-state index in [9.17, 15) is 4.39 Å². The van der Waals surface area contributed by atoms with Crippen molar-refractivity contribution >= 4 is 10.9 Å². The van der Waals surface area contributed by atoms with Gasteiger partial charge in [-0.1, -0.05) is 0 Å². The zero-order chi connectivity index (χ0) is 9.26. The number of hydrogen-bond donors (Lipinski definition) is 1. The van der Waals surface area contributed by atoms with Crippen molar-refractivity contribution in [3.05, 3.63) is 36.0 Å². The number of rotatable bonds is 1. The second-order valence-corrected chi connectivity index (χ2v) is 2.69. The molecule has 0 aliphatic rings. The molecule has 66 valence electrons. The summed E-state index contributed by atoms with van der Waals surface area (Å²) in [5.74, 6) is -0.294. The van der Waals surface area contributed by atoms with E-state index in [1.54, 1.807) is 6.07 Å². The normalized spacial score (nSPS) is 10.6. The molecule has 3 nitrogen and oxygen atoms in total. The van der Waals surface area contributed by atoms with Gasteiger partial charge in [0, 0.05) is 11.9 Å². The fourth-order valence-electron chi connectivity index (χ4n) is 1.24. The van der Waals surface area contributed by atoms with Gasteiger partial charge in [0.2, 0.25) is 0 Å². The van der Waals surface area contributed by atoms with Crippen molar-refractivity contribution < 1.29 is 4.39 Å². The Morgan fingerprint density at radius 2 is 2.15 bits per heavy atom. The molecule has 0 aliphatic heterocycles. The Hall–Kier alpha value is -1.55. The maximum Gasteiger partial charge on any atom is 0.124 e. The van der Waals surface area contributed by atoms with Crippen molar-refractivity contribution in [1.82, 2.24) is 9.97 Å². The standard InChI is InChI=1S/C9H8FN3/c10-6-1-2-8-7(3-6)9(4-11)13-5-12-8/h1-3,5H,4,11H2. The van der Waals surface area contributed by atoms with Crippen LogP contribution in [0.15, 0.2) is 24.5 Å². The summed E-state index contributed by atoms with van der Waals surface area (Å²) in [4.78, 5) is 7.96. The Kier molecular flexibility index (Phi) is 1.90. The van der Waals surface area contributed by atoms with Gasteiger partial charge in [-0.2, -0.15) is 0 Å². The summed E-state index contributed by atoms with van der Waals surface area (Å²) in [6, 6.07) is 4.39. The number of halogens is 1. The fourth-order valence-corrected chi connectivity index (χ4v) is 1.24. The van der Waals surface area contributed by atoms with Crippen LogP contribution in [0, 0.1) is 5.82 Å². The molecule has 0 radical (unpaired) electrons. The van der Waals surface area contributed by atoms with Crippen molar-refractivity contribution in [2.75, 3.05) is 0 Å². The van der Waals surface area contributed by atoms with Crippen LogP contribution in [0.3, 0.4) is 0 Å². The van der Waals surface area contributed by atoms with Gasteiger partial charge >= 0.3 is 0 Å². The number of benzene rings is 1. The SMILES string of the molecule is NCc1ncnc2ccc(F)cc12. The molecule has 0 amide bonds. The largest absolute Gasteiger partial charge is 0.325 e. The third kappa shape index (κ3) is 1.36. The van der Waals surface area contributed by atoms with Gasteiger partial charge in [0.05, 0.1) is 11.2 Å². The number of aromatic nitrogens is 2. The Labute approximate surface area is 74.4 Å². The molecule has 0 saturated heterocycles. The Bertz CT molecular complexity index is 442. The molecule has 0 aliphatic carbocycles. The minimum Gasteiger partial charge on any atom is -0.325 e. The van der Waals surface area contributed by atoms with Gasteiger partial charge in [-0.3, -0.25) is 0 Å². The van der Waals surface area contributed by atoms with Gasteiger partial charge < -0.3 is 5.73 Å². The van der Waals surface area contributed by atoms with Gasteiger partial charge in [0.15, 0.2) is 0 Å². The molecule has 13 heavy (non-hydrogen) atoms. The zero-order valence-electron chi connectivity index (χ0n) is 6.87. The molecule has 1 aromatic carbocycles. The highest BCUT2D eigenvalue weighted by Gasteiger charge is 2.02. The third-order valence-electron chi connectivity index (χ3n) is 1.87. The Morgan fingerprint density at radius 1 is 1.31 bits per heavy atom. The van der Waals surface area contributed by atoms with Gasteiger partial charge in [-0.15, -0.1) is 0 Å². The lowest BCUT2D eigenvalue weighted by molar-refractivity contribution is 0.629. The highest BCUT2D eigenvalue weighted by molar-refractivity contribution is 5.80. The summed E-state index contributed by atoms with van der Waals surface area (Å²) in [5.41, 5.74) is 6.84. The van der Waals surface area contributed by atoms with Gasteiger partial charge in [-0.25, -0.2) is 14.4 Å². The van der Waals surface area contributed by atoms with Crippen LogP contribution in [-0.4, -0.2) is 9.97 Å². The molecule has 2 N–H and O–H groups in total. The summed E-state index contributed by atoms with van der Waals surface area (Å²) in [6.07, 6.45) is 1.43. The molecule has 4 heteroatoms. The third-order valence-corrected chi connectivity index (χ3v) is 1.87. The molecular formula is C9H8FN3. The van der Waals surface area contributed by atoms with Crippen LogP contribution < -0.4 is 5.73 Å². The summed E-state index contributed by atoms with van der Waals surface area (Å²) in [5, 5.41) is 0.685. The molecule has 0 unspecified atom stereocenters. The van der Waals surface area contributed by atoms with E-state index in [0.29, 0.717) is 17.6 Å². The molecule has 1 heterocycles. The summed E-state index contributed by atoms with van der Waals surface area (Å²) < 4.78 is 12.9. The highest BCUT2D eigenvalue weighted by atomic mass is 19.1. The first-order valence-electron chi connectivity index (χ1n) is 3.90.